The first kappa shape index (κ1) is 16.3. The van der Waals surface area contributed by atoms with E-state index in [9.17, 15) is 0 Å². The number of piperidine rings is 1. The molecule has 3 nitrogen and oxygen atoms in total. The van der Waals surface area contributed by atoms with Crippen molar-refractivity contribution in [3.63, 3.8) is 0 Å². The summed E-state index contributed by atoms with van der Waals surface area (Å²) in [6, 6.07) is 9.12. The minimum Gasteiger partial charge on any atom is -0.325 e. The third-order valence-electron chi connectivity index (χ3n) is 3.66. The third-order valence-corrected chi connectivity index (χ3v) is 3.66. The van der Waals surface area contributed by atoms with E-state index in [-0.39, 0.29) is 24.8 Å². The van der Waals surface area contributed by atoms with Gasteiger partial charge in [-0.05, 0) is 38.1 Å². The minimum absolute atomic E-state index is 0. The maximum Gasteiger partial charge on any atom is 0.109 e. The fourth-order valence-corrected chi connectivity index (χ4v) is 2.82. The first-order valence-electron chi connectivity index (χ1n) is 6.56. The van der Waals surface area contributed by atoms with Gasteiger partial charge in [-0.3, -0.25) is 0 Å². The van der Waals surface area contributed by atoms with Crippen molar-refractivity contribution >= 4 is 35.8 Å². The smallest absolute Gasteiger partial charge is 0.109 e. The molecule has 1 aliphatic rings. The van der Waals surface area contributed by atoms with Gasteiger partial charge in [0.15, 0.2) is 0 Å². The van der Waals surface area contributed by atoms with Gasteiger partial charge in [-0.1, -0.05) is 19.1 Å². The van der Waals surface area contributed by atoms with E-state index in [1.807, 2.05) is 0 Å². The highest BCUT2D eigenvalue weighted by molar-refractivity contribution is 5.85. The quantitative estimate of drug-likeness (QED) is 0.922. The minimum atomic E-state index is 0. The van der Waals surface area contributed by atoms with E-state index in [4.69, 9.17) is 4.98 Å². The van der Waals surface area contributed by atoms with Crippen LogP contribution in [0.15, 0.2) is 24.3 Å². The Kier molecular flexibility index (Phi) is 6.11. The molecule has 0 aliphatic carbocycles. The van der Waals surface area contributed by atoms with Crippen LogP contribution in [0.25, 0.3) is 11.0 Å². The molecule has 0 amide bonds. The number of benzene rings is 1. The summed E-state index contributed by atoms with van der Waals surface area (Å²) in [5.74, 6) is 1.23. The summed E-state index contributed by atoms with van der Waals surface area (Å²) >= 11 is 0. The summed E-state index contributed by atoms with van der Waals surface area (Å²) in [5, 5.41) is 3.43. The molecule has 1 aromatic heterocycles. The molecule has 0 bridgehead atoms. The largest absolute Gasteiger partial charge is 0.325 e. The topological polar surface area (TPSA) is 29.9 Å². The van der Waals surface area contributed by atoms with E-state index in [0.717, 1.165) is 25.0 Å². The average Bonchev–Trinajstić information content (AvgIpc) is 2.78. The fourth-order valence-electron chi connectivity index (χ4n) is 2.82. The lowest BCUT2D eigenvalue weighted by atomic mass is 10.1. The van der Waals surface area contributed by atoms with Gasteiger partial charge in [0.2, 0.25) is 0 Å². The number of hydrogen-bond donors (Lipinski definition) is 1. The Hall–Kier alpha value is -0.770. The normalized spacial score (nSPS) is 15.8. The monoisotopic (exact) mass is 301 g/mol. The Bertz CT molecular complexity index is 518. The molecule has 5 heteroatoms. The van der Waals surface area contributed by atoms with E-state index in [0.29, 0.717) is 6.04 Å². The summed E-state index contributed by atoms with van der Waals surface area (Å²) in [4.78, 5) is 4.75. The molecule has 1 aliphatic heterocycles. The van der Waals surface area contributed by atoms with Crippen molar-refractivity contribution in [1.82, 2.24) is 14.9 Å². The number of nitrogens with one attached hydrogen (secondary N) is 1. The Morgan fingerprint density at radius 2 is 1.89 bits per heavy atom. The molecule has 0 spiro atoms. The number of hydrogen-bond acceptors (Lipinski definition) is 2. The molecule has 1 N–H and O–H groups in total. The second kappa shape index (κ2) is 7.13. The van der Waals surface area contributed by atoms with Crippen molar-refractivity contribution in [1.29, 1.82) is 0 Å². The molecular weight excluding hydrogens is 281 g/mol. The predicted octanol–water partition coefficient (Wildman–Crippen LogP) is 3.37. The highest BCUT2D eigenvalue weighted by atomic mass is 35.5. The van der Waals surface area contributed by atoms with Gasteiger partial charge in [-0.2, -0.15) is 0 Å². The molecule has 1 aromatic carbocycles. The highest BCUT2D eigenvalue weighted by Crippen LogP contribution is 2.26. The number of para-hydroxylation sites is 2. The van der Waals surface area contributed by atoms with Crippen molar-refractivity contribution in [2.45, 2.75) is 32.2 Å². The SMILES string of the molecule is CCc1nc2ccccc2n1C1CCNCC1.Cl.Cl. The van der Waals surface area contributed by atoms with Crippen molar-refractivity contribution in [3.05, 3.63) is 30.1 Å². The van der Waals surface area contributed by atoms with Crippen LogP contribution >= 0.6 is 24.8 Å². The van der Waals surface area contributed by atoms with Crippen LogP contribution in [0.3, 0.4) is 0 Å². The maximum atomic E-state index is 4.75. The molecule has 2 aromatic rings. The molecule has 1 fully saturated rings. The van der Waals surface area contributed by atoms with Gasteiger partial charge in [-0.15, -0.1) is 24.8 Å². The Labute approximate surface area is 126 Å². The van der Waals surface area contributed by atoms with Crippen LogP contribution < -0.4 is 5.32 Å². The fraction of sp³-hybridized carbons (Fsp3) is 0.500. The zero-order chi connectivity index (χ0) is 11.7. The number of aromatic nitrogens is 2. The summed E-state index contributed by atoms with van der Waals surface area (Å²) in [7, 11) is 0. The van der Waals surface area contributed by atoms with Crippen LogP contribution in [0.4, 0.5) is 0 Å². The standard InChI is InChI=1S/C14H19N3.2ClH/c1-2-14-16-12-5-3-4-6-13(12)17(14)11-7-9-15-10-8-11;;/h3-6,11,15H,2,7-10H2,1H3;2*1H. The predicted molar refractivity (Wildman–Crippen MR) is 84.7 cm³/mol. The first-order chi connectivity index (χ1) is 8.40. The number of halogens is 2. The number of nitrogens with zero attached hydrogens (tertiary/aromatic N) is 2. The summed E-state index contributed by atoms with van der Waals surface area (Å²) in [5.41, 5.74) is 2.44. The summed E-state index contributed by atoms with van der Waals surface area (Å²) in [6.07, 6.45) is 3.44. The molecule has 0 radical (unpaired) electrons. The lowest BCUT2D eigenvalue weighted by Gasteiger charge is -2.26. The van der Waals surface area contributed by atoms with Crippen molar-refractivity contribution in [3.8, 4) is 0 Å². The molecule has 3 rings (SSSR count). The molecule has 0 saturated carbocycles. The molecule has 1 saturated heterocycles. The Morgan fingerprint density at radius 1 is 1.21 bits per heavy atom. The molecule has 2 heterocycles. The van der Waals surface area contributed by atoms with Crippen molar-refractivity contribution in [2.24, 2.45) is 0 Å². The zero-order valence-corrected chi connectivity index (χ0v) is 12.8. The van der Waals surface area contributed by atoms with Crippen LogP contribution in [0.1, 0.15) is 31.6 Å². The third kappa shape index (κ3) is 3.04. The first-order valence-corrected chi connectivity index (χ1v) is 6.56. The van der Waals surface area contributed by atoms with E-state index < -0.39 is 0 Å². The van der Waals surface area contributed by atoms with Gasteiger partial charge >= 0.3 is 0 Å². The number of imidazole rings is 1. The molecule has 106 valence electrons. The highest BCUT2D eigenvalue weighted by Gasteiger charge is 2.19. The maximum absolute atomic E-state index is 4.75. The lowest BCUT2D eigenvalue weighted by molar-refractivity contribution is 0.367. The van der Waals surface area contributed by atoms with E-state index in [2.05, 4.69) is 41.1 Å². The van der Waals surface area contributed by atoms with Gasteiger partial charge in [0.25, 0.3) is 0 Å². The number of aryl methyl sites for hydroxylation is 1. The van der Waals surface area contributed by atoms with Gasteiger partial charge in [-0.25, -0.2) is 4.98 Å². The Balaban J connectivity index is 0.000000902. The molecule has 19 heavy (non-hydrogen) atoms. The second-order valence-corrected chi connectivity index (χ2v) is 4.72. The van der Waals surface area contributed by atoms with Gasteiger partial charge in [0.1, 0.15) is 5.82 Å². The van der Waals surface area contributed by atoms with Crippen molar-refractivity contribution in [2.75, 3.05) is 13.1 Å². The van der Waals surface area contributed by atoms with Gasteiger partial charge < -0.3 is 9.88 Å². The van der Waals surface area contributed by atoms with Crippen LogP contribution in [-0.2, 0) is 6.42 Å². The Morgan fingerprint density at radius 3 is 2.58 bits per heavy atom. The van der Waals surface area contributed by atoms with Gasteiger partial charge in [0, 0.05) is 12.5 Å². The second-order valence-electron chi connectivity index (χ2n) is 4.72. The van der Waals surface area contributed by atoms with E-state index >= 15 is 0 Å². The van der Waals surface area contributed by atoms with Crippen LogP contribution in [-0.4, -0.2) is 22.6 Å². The molecule has 0 atom stereocenters. The van der Waals surface area contributed by atoms with E-state index in [1.54, 1.807) is 0 Å². The summed E-state index contributed by atoms with van der Waals surface area (Å²) < 4.78 is 2.47. The zero-order valence-electron chi connectivity index (χ0n) is 11.1. The van der Waals surface area contributed by atoms with E-state index in [1.165, 1.54) is 24.2 Å². The molecule has 0 unspecified atom stereocenters. The van der Waals surface area contributed by atoms with Crippen LogP contribution in [0, 0.1) is 0 Å². The summed E-state index contributed by atoms with van der Waals surface area (Å²) in [6.45, 7) is 4.44. The van der Waals surface area contributed by atoms with Crippen LogP contribution in [0.5, 0.6) is 0 Å². The average molecular weight is 302 g/mol. The molecular formula is C14H21Cl2N3. The number of rotatable bonds is 2. The lowest BCUT2D eigenvalue weighted by Crippen LogP contribution is -2.30. The van der Waals surface area contributed by atoms with Crippen molar-refractivity contribution < 1.29 is 0 Å². The van der Waals surface area contributed by atoms with Gasteiger partial charge in [0.05, 0.1) is 11.0 Å². The number of fused-ring (bicyclic) bond motifs is 1. The van der Waals surface area contributed by atoms with Crippen LogP contribution in [0.2, 0.25) is 0 Å².